The summed E-state index contributed by atoms with van der Waals surface area (Å²) in [6.45, 7) is 0. The standard InChI is InChI=1S/C15H14N4O2/c1-21-13-4-2-3-9(8-16)14(13)19-15(20)10-5-11(17)7-12(18)6-10/h2-7H,17-18H2,1H3,(H,19,20). The van der Waals surface area contributed by atoms with E-state index < -0.39 is 5.91 Å². The zero-order valence-corrected chi connectivity index (χ0v) is 11.4. The van der Waals surface area contributed by atoms with Crippen LogP contribution in [0.1, 0.15) is 15.9 Å². The van der Waals surface area contributed by atoms with Crippen LogP contribution in [-0.2, 0) is 0 Å². The normalized spacial score (nSPS) is 9.71. The summed E-state index contributed by atoms with van der Waals surface area (Å²) in [5.41, 5.74) is 13.0. The second-order valence-electron chi connectivity index (χ2n) is 4.34. The highest BCUT2D eigenvalue weighted by molar-refractivity contribution is 6.06. The molecular weight excluding hydrogens is 268 g/mol. The van der Waals surface area contributed by atoms with E-state index in [1.165, 1.54) is 19.2 Å². The summed E-state index contributed by atoms with van der Waals surface area (Å²) in [7, 11) is 1.46. The highest BCUT2D eigenvalue weighted by atomic mass is 16.5. The molecule has 6 nitrogen and oxygen atoms in total. The molecule has 0 aliphatic rings. The molecule has 0 atom stereocenters. The van der Waals surface area contributed by atoms with Gasteiger partial charge in [0.1, 0.15) is 17.5 Å². The number of hydrogen-bond acceptors (Lipinski definition) is 5. The Morgan fingerprint density at radius 3 is 2.48 bits per heavy atom. The van der Waals surface area contributed by atoms with Crippen molar-refractivity contribution in [3.8, 4) is 11.8 Å². The first-order chi connectivity index (χ1) is 10.0. The second-order valence-corrected chi connectivity index (χ2v) is 4.34. The van der Waals surface area contributed by atoms with Crippen LogP contribution in [-0.4, -0.2) is 13.0 Å². The molecule has 0 saturated heterocycles. The molecule has 0 bridgehead atoms. The number of para-hydroxylation sites is 1. The van der Waals surface area contributed by atoms with Crippen LogP contribution in [0.25, 0.3) is 0 Å². The Labute approximate surface area is 121 Å². The molecule has 2 rings (SSSR count). The van der Waals surface area contributed by atoms with Gasteiger partial charge in [0.15, 0.2) is 0 Å². The summed E-state index contributed by atoms with van der Waals surface area (Å²) in [6, 6.07) is 11.5. The number of nitrogens with zero attached hydrogens (tertiary/aromatic N) is 1. The zero-order chi connectivity index (χ0) is 15.4. The van der Waals surface area contributed by atoms with Crippen molar-refractivity contribution in [1.82, 2.24) is 0 Å². The lowest BCUT2D eigenvalue weighted by molar-refractivity contribution is 0.102. The van der Waals surface area contributed by atoms with Crippen molar-refractivity contribution in [1.29, 1.82) is 5.26 Å². The van der Waals surface area contributed by atoms with Crippen molar-refractivity contribution in [3.63, 3.8) is 0 Å². The van der Waals surface area contributed by atoms with Gasteiger partial charge in [0.05, 0.1) is 12.7 Å². The molecule has 0 aliphatic carbocycles. The van der Waals surface area contributed by atoms with E-state index in [0.717, 1.165) is 0 Å². The maximum Gasteiger partial charge on any atom is 0.255 e. The number of nitrogens with one attached hydrogen (secondary N) is 1. The Morgan fingerprint density at radius 2 is 1.90 bits per heavy atom. The van der Waals surface area contributed by atoms with Crippen molar-refractivity contribution < 1.29 is 9.53 Å². The van der Waals surface area contributed by atoms with Gasteiger partial charge in [-0.3, -0.25) is 4.79 Å². The van der Waals surface area contributed by atoms with E-state index in [1.807, 2.05) is 6.07 Å². The number of amides is 1. The third-order valence-corrected chi connectivity index (χ3v) is 2.84. The van der Waals surface area contributed by atoms with Gasteiger partial charge in [0, 0.05) is 16.9 Å². The summed E-state index contributed by atoms with van der Waals surface area (Å²) < 4.78 is 5.16. The van der Waals surface area contributed by atoms with Crippen LogP contribution in [0.2, 0.25) is 0 Å². The molecule has 21 heavy (non-hydrogen) atoms. The van der Waals surface area contributed by atoms with Crippen molar-refractivity contribution in [2.45, 2.75) is 0 Å². The molecule has 0 aromatic heterocycles. The maximum absolute atomic E-state index is 12.3. The number of nitrogen functional groups attached to an aromatic ring is 2. The van der Waals surface area contributed by atoms with E-state index in [1.54, 1.807) is 24.3 Å². The first kappa shape index (κ1) is 14.2. The Bertz CT molecular complexity index is 715. The number of methoxy groups -OCH3 is 1. The first-order valence-electron chi connectivity index (χ1n) is 6.09. The average molecular weight is 282 g/mol. The zero-order valence-electron chi connectivity index (χ0n) is 11.4. The van der Waals surface area contributed by atoms with Crippen LogP contribution in [0.3, 0.4) is 0 Å². The van der Waals surface area contributed by atoms with Crippen molar-refractivity contribution in [3.05, 3.63) is 47.5 Å². The monoisotopic (exact) mass is 282 g/mol. The van der Waals surface area contributed by atoms with E-state index in [4.69, 9.17) is 21.5 Å². The molecule has 1 amide bonds. The van der Waals surface area contributed by atoms with E-state index in [9.17, 15) is 4.79 Å². The van der Waals surface area contributed by atoms with E-state index >= 15 is 0 Å². The summed E-state index contributed by atoms with van der Waals surface area (Å²) in [5.74, 6) is -0.0192. The molecule has 0 heterocycles. The van der Waals surface area contributed by atoms with Gasteiger partial charge >= 0.3 is 0 Å². The summed E-state index contributed by atoms with van der Waals surface area (Å²) in [6.07, 6.45) is 0. The van der Waals surface area contributed by atoms with Crippen LogP contribution in [0.15, 0.2) is 36.4 Å². The molecule has 2 aromatic rings. The van der Waals surface area contributed by atoms with Crippen LogP contribution >= 0.6 is 0 Å². The number of rotatable bonds is 3. The fourth-order valence-electron chi connectivity index (χ4n) is 1.92. The highest BCUT2D eigenvalue weighted by Crippen LogP contribution is 2.28. The predicted octanol–water partition coefficient (Wildman–Crippen LogP) is 1.98. The van der Waals surface area contributed by atoms with E-state index in [-0.39, 0.29) is 0 Å². The fraction of sp³-hybridized carbons (Fsp3) is 0.0667. The van der Waals surface area contributed by atoms with Gasteiger partial charge in [0.25, 0.3) is 5.91 Å². The number of nitriles is 1. The third kappa shape index (κ3) is 3.04. The SMILES string of the molecule is COc1cccc(C#N)c1NC(=O)c1cc(N)cc(N)c1. The topological polar surface area (TPSA) is 114 Å². The molecule has 0 saturated carbocycles. The molecule has 0 unspecified atom stereocenters. The van der Waals surface area contributed by atoms with Crippen molar-refractivity contribution in [2.75, 3.05) is 23.9 Å². The van der Waals surface area contributed by atoms with E-state index in [0.29, 0.717) is 33.9 Å². The summed E-state index contributed by atoms with van der Waals surface area (Å²) in [4.78, 5) is 12.3. The number of ether oxygens (including phenoxy) is 1. The minimum absolute atomic E-state index is 0.305. The molecule has 0 fully saturated rings. The molecule has 6 heteroatoms. The minimum atomic E-state index is -0.421. The van der Waals surface area contributed by atoms with Crippen molar-refractivity contribution >= 4 is 23.0 Å². The number of benzene rings is 2. The Hall–Kier alpha value is -3.20. The van der Waals surface area contributed by atoms with Crippen LogP contribution < -0.4 is 21.5 Å². The average Bonchev–Trinajstić information content (AvgIpc) is 2.46. The van der Waals surface area contributed by atoms with Crippen LogP contribution in [0, 0.1) is 11.3 Å². The van der Waals surface area contributed by atoms with Gasteiger partial charge in [-0.15, -0.1) is 0 Å². The Balaban J connectivity index is 2.38. The minimum Gasteiger partial charge on any atom is -0.495 e. The fourth-order valence-corrected chi connectivity index (χ4v) is 1.92. The Kier molecular flexibility index (Phi) is 3.95. The van der Waals surface area contributed by atoms with Crippen LogP contribution in [0.5, 0.6) is 5.75 Å². The molecular formula is C15H14N4O2. The molecule has 106 valence electrons. The first-order valence-corrected chi connectivity index (χ1v) is 6.09. The second kappa shape index (κ2) is 5.84. The molecule has 5 N–H and O–H groups in total. The van der Waals surface area contributed by atoms with Gasteiger partial charge in [-0.2, -0.15) is 5.26 Å². The van der Waals surface area contributed by atoms with Crippen molar-refractivity contribution in [2.24, 2.45) is 0 Å². The number of anilines is 3. The number of carbonyl (C=O) groups is 1. The summed E-state index contributed by atoms with van der Waals surface area (Å²) >= 11 is 0. The maximum atomic E-state index is 12.3. The van der Waals surface area contributed by atoms with E-state index in [2.05, 4.69) is 5.32 Å². The summed E-state index contributed by atoms with van der Waals surface area (Å²) in [5, 5.41) is 11.8. The Morgan fingerprint density at radius 1 is 1.24 bits per heavy atom. The lowest BCUT2D eigenvalue weighted by Gasteiger charge is -2.12. The van der Waals surface area contributed by atoms with Crippen LogP contribution in [0.4, 0.5) is 17.1 Å². The number of carbonyl (C=O) groups excluding carboxylic acids is 1. The highest BCUT2D eigenvalue weighted by Gasteiger charge is 2.14. The number of nitrogens with two attached hydrogens (primary N) is 2. The van der Waals surface area contributed by atoms with Gasteiger partial charge in [-0.05, 0) is 30.3 Å². The van der Waals surface area contributed by atoms with Gasteiger partial charge in [-0.25, -0.2) is 0 Å². The molecule has 0 aliphatic heterocycles. The predicted molar refractivity (Wildman–Crippen MR) is 80.9 cm³/mol. The smallest absolute Gasteiger partial charge is 0.255 e. The van der Waals surface area contributed by atoms with Gasteiger partial charge in [-0.1, -0.05) is 6.07 Å². The lowest BCUT2D eigenvalue weighted by Crippen LogP contribution is -2.14. The van der Waals surface area contributed by atoms with Gasteiger partial charge in [0.2, 0.25) is 0 Å². The number of hydrogen-bond donors (Lipinski definition) is 3. The molecule has 2 aromatic carbocycles. The largest absolute Gasteiger partial charge is 0.495 e. The lowest BCUT2D eigenvalue weighted by atomic mass is 10.1. The third-order valence-electron chi connectivity index (χ3n) is 2.84. The molecule has 0 spiro atoms. The molecule has 0 radical (unpaired) electrons. The quantitative estimate of drug-likeness (QED) is 0.745. The van der Waals surface area contributed by atoms with Gasteiger partial charge < -0.3 is 21.5 Å².